The number of hydrogen-bond acceptors (Lipinski definition) is 5. The fraction of sp³-hybridized carbons (Fsp3) is 0.0556. The average molecular weight is 803 g/mol. The van der Waals surface area contributed by atoms with Crippen molar-refractivity contribution in [1.29, 1.82) is 0 Å². The van der Waals surface area contributed by atoms with Crippen molar-refractivity contribution in [3.05, 3.63) is 176 Å². The van der Waals surface area contributed by atoms with Gasteiger partial charge in [0.25, 0.3) is 0 Å². The Morgan fingerprint density at radius 2 is 1.02 bits per heavy atom. The molecule has 0 saturated heterocycles. The smallest absolute Gasteiger partial charge is 0.166 e. The molecule has 12 rings (SSSR count). The molecule has 4 aromatic heterocycles. The number of aromatic nitrogens is 4. The Hall–Kier alpha value is -7.61. The lowest BCUT2D eigenvalue weighted by molar-refractivity contribution is 0.668. The van der Waals surface area contributed by atoms with Crippen LogP contribution in [0.2, 0.25) is 19.6 Å². The third-order valence-corrected chi connectivity index (χ3v) is 14.1. The molecule has 7 heteroatoms. The van der Waals surface area contributed by atoms with Gasteiger partial charge >= 0.3 is 0 Å². The van der Waals surface area contributed by atoms with Gasteiger partial charge in [-0.3, -0.25) is 0 Å². The number of benzene rings is 8. The largest absolute Gasteiger partial charge is 0.456 e. The summed E-state index contributed by atoms with van der Waals surface area (Å²) in [7, 11) is -1.63. The first-order valence-electron chi connectivity index (χ1n) is 20.7. The van der Waals surface area contributed by atoms with Gasteiger partial charge in [0.1, 0.15) is 22.3 Å². The van der Waals surface area contributed by atoms with Crippen molar-refractivity contribution in [3.63, 3.8) is 0 Å². The van der Waals surface area contributed by atoms with Gasteiger partial charge < -0.3 is 13.4 Å². The van der Waals surface area contributed by atoms with Crippen LogP contribution in [0.5, 0.6) is 0 Å². The summed E-state index contributed by atoms with van der Waals surface area (Å²) in [5.74, 6) is 1.75. The summed E-state index contributed by atoms with van der Waals surface area (Å²) >= 11 is 0. The molecular formula is C54H38N4O2Si. The lowest BCUT2D eigenvalue weighted by atomic mass is 9.95. The van der Waals surface area contributed by atoms with Crippen LogP contribution in [-0.2, 0) is 0 Å². The molecule has 0 amide bonds. The van der Waals surface area contributed by atoms with E-state index in [1.54, 1.807) is 0 Å². The first-order valence-corrected chi connectivity index (χ1v) is 24.2. The summed E-state index contributed by atoms with van der Waals surface area (Å²) in [6, 6.07) is 61.4. The van der Waals surface area contributed by atoms with Crippen LogP contribution in [0.25, 0.3) is 117 Å². The molecule has 0 N–H and O–H groups in total. The number of para-hydroxylation sites is 2. The van der Waals surface area contributed by atoms with Crippen molar-refractivity contribution in [1.82, 2.24) is 19.5 Å². The van der Waals surface area contributed by atoms with Gasteiger partial charge in [-0.1, -0.05) is 152 Å². The second-order valence-electron chi connectivity index (χ2n) is 16.8. The minimum Gasteiger partial charge on any atom is -0.456 e. The Kier molecular flexibility index (Phi) is 7.80. The van der Waals surface area contributed by atoms with Crippen LogP contribution < -0.4 is 5.19 Å². The molecule has 0 saturated carbocycles. The summed E-state index contributed by atoms with van der Waals surface area (Å²) in [5, 5.41) is 7.95. The third kappa shape index (κ3) is 5.65. The van der Waals surface area contributed by atoms with E-state index in [0.717, 1.165) is 88.4 Å². The molecule has 8 aromatic carbocycles. The van der Waals surface area contributed by atoms with Crippen LogP contribution in [0.3, 0.4) is 0 Å². The van der Waals surface area contributed by atoms with Crippen LogP contribution in [0.4, 0.5) is 0 Å². The third-order valence-electron chi connectivity index (χ3n) is 12.0. The maximum absolute atomic E-state index is 6.84. The van der Waals surface area contributed by atoms with Gasteiger partial charge in [-0.05, 0) is 59.7 Å². The molecule has 0 spiro atoms. The molecule has 0 unspecified atom stereocenters. The van der Waals surface area contributed by atoms with E-state index in [9.17, 15) is 0 Å². The zero-order valence-electron chi connectivity index (χ0n) is 33.8. The fourth-order valence-electron chi connectivity index (χ4n) is 9.06. The lowest BCUT2D eigenvalue weighted by Gasteiger charge is -2.18. The second kappa shape index (κ2) is 13.5. The number of fused-ring (bicyclic) bond motifs is 9. The molecule has 61 heavy (non-hydrogen) atoms. The molecule has 0 aliphatic heterocycles. The van der Waals surface area contributed by atoms with Crippen LogP contribution in [-0.4, -0.2) is 27.6 Å². The van der Waals surface area contributed by atoms with Gasteiger partial charge in [-0.15, -0.1) is 0 Å². The standard InChI is InChI=1S/C54H38N4O2Si/c1-61(2,3)36-26-28-43-41(32-36)38-19-10-12-22-42(38)58(43)44-29-30-47-51(50(44)54-56-52(33-15-6-4-7-16-33)55-53(57-54)34-17-8-5-9-18-34)49-37(21-14-24-46(49)60-47)35-25-27-40-39-20-11-13-23-45(39)59-48(40)31-35/h4-32H,1-3H3. The second-order valence-corrected chi connectivity index (χ2v) is 21.9. The Morgan fingerprint density at radius 3 is 1.77 bits per heavy atom. The van der Waals surface area contributed by atoms with Crippen molar-refractivity contribution < 1.29 is 8.83 Å². The first kappa shape index (κ1) is 35.3. The molecule has 0 fully saturated rings. The van der Waals surface area contributed by atoms with Gasteiger partial charge in [0.05, 0.1) is 30.4 Å². The van der Waals surface area contributed by atoms with Gasteiger partial charge in [-0.25, -0.2) is 15.0 Å². The Morgan fingerprint density at radius 1 is 0.410 bits per heavy atom. The summed E-state index contributed by atoms with van der Waals surface area (Å²) in [5.41, 5.74) is 11.1. The predicted molar refractivity (Wildman–Crippen MR) is 253 cm³/mol. The summed E-state index contributed by atoms with van der Waals surface area (Å²) in [6.45, 7) is 7.22. The zero-order valence-corrected chi connectivity index (χ0v) is 34.8. The fourth-order valence-corrected chi connectivity index (χ4v) is 10.2. The van der Waals surface area contributed by atoms with E-state index >= 15 is 0 Å². The van der Waals surface area contributed by atoms with E-state index in [0.29, 0.717) is 17.5 Å². The molecule has 12 aromatic rings. The van der Waals surface area contributed by atoms with Gasteiger partial charge in [0.2, 0.25) is 0 Å². The molecular weight excluding hydrogens is 765 g/mol. The van der Waals surface area contributed by atoms with E-state index in [4.69, 9.17) is 23.8 Å². The average Bonchev–Trinajstić information content (AvgIpc) is 3.98. The maximum Gasteiger partial charge on any atom is 0.166 e. The minimum atomic E-state index is -1.63. The highest BCUT2D eigenvalue weighted by Gasteiger charge is 2.27. The lowest BCUT2D eigenvalue weighted by Crippen LogP contribution is -2.37. The van der Waals surface area contributed by atoms with E-state index in [2.05, 4.69) is 152 Å². The van der Waals surface area contributed by atoms with E-state index in [1.165, 1.54) is 16.0 Å². The Balaban J connectivity index is 1.23. The number of nitrogens with zero attached hydrogens (tertiary/aromatic N) is 4. The molecule has 0 aliphatic carbocycles. The predicted octanol–water partition coefficient (Wildman–Crippen LogP) is 14.0. The van der Waals surface area contributed by atoms with Crippen LogP contribution in [0.15, 0.2) is 185 Å². The SMILES string of the molecule is C[Si](C)(C)c1ccc2c(c1)c1ccccc1n2-c1ccc2oc3cccc(-c4ccc5c(c4)oc4ccccc45)c3c2c1-c1nc(-c2ccccc2)nc(-c2ccccc2)n1. The van der Waals surface area contributed by atoms with Gasteiger partial charge in [0, 0.05) is 43.4 Å². The van der Waals surface area contributed by atoms with E-state index in [-0.39, 0.29) is 0 Å². The highest BCUT2D eigenvalue weighted by atomic mass is 28.3. The molecule has 0 atom stereocenters. The molecule has 4 heterocycles. The first-order chi connectivity index (χ1) is 29.9. The normalized spacial score (nSPS) is 12.2. The van der Waals surface area contributed by atoms with Crippen LogP contribution >= 0.6 is 0 Å². The highest BCUT2D eigenvalue weighted by molar-refractivity contribution is 6.88. The quantitative estimate of drug-likeness (QED) is 0.157. The van der Waals surface area contributed by atoms with Gasteiger partial charge in [-0.2, -0.15) is 0 Å². The number of rotatable bonds is 6. The van der Waals surface area contributed by atoms with E-state index < -0.39 is 8.07 Å². The summed E-state index contributed by atoms with van der Waals surface area (Å²) in [4.78, 5) is 15.9. The topological polar surface area (TPSA) is 69.9 Å². The summed E-state index contributed by atoms with van der Waals surface area (Å²) < 4.78 is 15.7. The highest BCUT2D eigenvalue weighted by Crippen LogP contribution is 2.46. The number of furan rings is 2. The zero-order chi connectivity index (χ0) is 40.8. The van der Waals surface area contributed by atoms with E-state index in [1.807, 2.05) is 48.5 Å². The van der Waals surface area contributed by atoms with Crippen molar-refractivity contribution in [3.8, 4) is 51.0 Å². The van der Waals surface area contributed by atoms with Crippen molar-refractivity contribution in [2.75, 3.05) is 0 Å². The van der Waals surface area contributed by atoms with Crippen LogP contribution in [0.1, 0.15) is 0 Å². The van der Waals surface area contributed by atoms with Crippen molar-refractivity contribution >= 4 is 78.9 Å². The van der Waals surface area contributed by atoms with Crippen molar-refractivity contribution in [2.24, 2.45) is 0 Å². The molecule has 0 radical (unpaired) electrons. The van der Waals surface area contributed by atoms with Crippen molar-refractivity contribution in [2.45, 2.75) is 19.6 Å². The molecule has 0 bridgehead atoms. The number of hydrogen-bond donors (Lipinski definition) is 0. The molecule has 0 aliphatic rings. The Bertz CT molecular complexity index is 3630. The monoisotopic (exact) mass is 802 g/mol. The molecule has 6 nitrogen and oxygen atoms in total. The Labute approximate surface area is 352 Å². The maximum atomic E-state index is 6.84. The van der Waals surface area contributed by atoms with Crippen LogP contribution in [0, 0.1) is 0 Å². The minimum absolute atomic E-state index is 0.559. The van der Waals surface area contributed by atoms with Gasteiger partial charge in [0.15, 0.2) is 17.5 Å². The summed E-state index contributed by atoms with van der Waals surface area (Å²) in [6.07, 6.45) is 0. The molecule has 290 valence electrons.